The zero-order valence-electron chi connectivity index (χ0n) is 20.6. The number of fused-ring (bicyclic) bond motifs is 1. The molecule has 1 aromatic heterocycles. The molecule has 7 nitrogen and oxygen atoms in total. The molecular formula is C30H26FN5O2. The summed E-state index contributed by atoms with van der Waals surface area (Å²) >= 11 is 0. The van der Waals surface area contributed by atoms with Gasteiger partial charge in [-0.3, -0.25) is 9.59 Å². The number of para-hydroxylation sites is 1. The molecule has 5 aromatic rings. The summed E-state index contributed by atoms with van der Waals surface area (Å²) in [5.41, 5.74) is 3.74. The number of hydrogen-bond acceptors (Lipinski definition) is 4. The van der Waals surface area contributed by atoms with Crippen LogP contribution in [-0.2, 0) is 29.2 Å². The third-order valence-corrected chi connectivity index (χ3v) is 6.28. The number of hydrogen-bond donors (Lipinski definition) is 1. The Kier molecular flexibility index (Phi) is 7.49. The molecule has 0 aliphatic rings. The second-order valence-electron chi connectivity index (χ2n) is 8.90. The van der Waals surface area contributed by atoms with Crippen LogP contribution in [0.4, 0.5) is 4.39 Å². The molecule has 1 heterocycles. The molecule has 0 unspecified atom stereocenters. The van der Waals surface area contributed by atoms with E-state index in [0.717, 1.165) is 16.6 Å². The van der Waals surface area contributed by atoms with E-state index in [0.29, 0.717) is 11.1 Å². The van der Waals surface area contributed by atoms with Crippen molar-refractivity contribution < 1.29 is 14.0 Å². The third-order valence-electron chi connectivity index (χ3n) is 6.28. The predicted octanol–water partition coefficient (Wildman–Crippen LogP) is 4.66. The van der Waals surface area contributed by atoms with E-state index in [1.807, 2.05) is 84.9 Å². The first-order chi connectivity index (χ1) is 18.6. The molecule has 8 heteroatoms. The van der Waals surface area contributed by atoms with Crippen LogP contribution in [-0.4, -0.2) is 31.7 Å². The number of nitrogens with one attached hydrogen (secondary N) is 1. The van der Waals surface area contributed by atoms with Gasteiger partial charge in [0.2, 0.25) is 11.8 Å². The Bertz CT molecular complexity index is 1520. The highest BCUT2D eigenvalue weighted by Crippen LogP contribution is 2.25. The van der Waals surface area contributed by atoms with Crippen LogP contribution in [0.2, 0.25) is 0 Å². The Balaban J connectivity index is 1.48. The van der Waals surface area contributed by atoms with Crippen molar-refractivity contribution >= 4 is 22.8 Å². The first-order valence-electron chi connectivity index (χ1n) is 12.3. The number of halogens is 1. The highest BCUT2D eigenvalue weighted by atomic mass is 19.1. The number of nitrogens with zero attached hydrogens (tertiary/aromatic N) is 4. The lowest BCUT2D eigenvalue weighted by molar-refractivity contribution is -0.142. The number of benzene rings is 4. The van der Waals surface area contributed by atoms with Crippen molar-refractivity contribution in [3.63, 3.8) is 0 Å². The van der Waals surface area contributed by atoms with Gasteiger partial charge in [0, 0.05) is 13.1 Å². The van der Waals surface area contributed by atoms with Gasteiger partial charge in [-0.15, -0.1) is 5.10 Å². The molecule has 0 saturated heterocycles. The molecule has 2 amide bonds. The van der Waals surface area contributed by atoms with Crippen molar-refractivity contribution in [1.82, 2.24) is 25.2 Å². The van der Waals surface area contributed by atoms with Gasteiger partial charge >= 0.3 is 0 Å². The van der Waals surface area contributed by atoms with Gasteiger partial charge < -0.3 is 10.2 Å². The van der Waals surface area contributed by atoms with Gasteiger partial charge in [0.05, 0.1) is 5.52 Å². The third kappa shape index (κ3) is 5.75. The molecule has 1 N–H and O–H groups in total. The van der Waals surface area contributed by atoms with Crippen LogP contribution in [0.25, 0.3) is 11.0 Å². The van der Waals surface area contributed by atoms with Crippen LogP contribution >= 0.6 is 0 Å². The summed E-state index contributed by atoms with van der Waals surface area (Å²) in [4.78, 5) is 29.2. The molecule has 0 fully saturated rings. The fraction of sp³-hybridized carbons (Fsp3) is 0.133. The zero-order chi connectivity index (χ0) is 26.3. The second-order valence-corrected chi connectivity index (χ2v) is 8.90. The summed E-state index contributed by atoms with van der Waals surface area (Å²) in [6.45, 7) is 0.335. The van der Waals surface area contributed by atoms with Crippen molar-refractivity contribution in [1.29, 1.82) is 0 Å². The van der Waals surface area contributed by atoms with E-state index >= 15 is 0 Å². The first-order valence-corrected chi connectivity index (χ1v) is 12.3. The summed E-state index contributed by atoms with van der Waals surface area (Å²) < 4.78 is 14.9. The molecular weight excluding hydrogens is 481 g/mol. The number of amides is 2. The smallest absolute Gasteiger partial charge is 0.247 e. The van der Waals surface area contributed by atoms with Gasteiger partial charge in [0.15, 0.2) is 0 Å². The molecule has 0 saturated carbocycles. The molecule has 0 spiro atoms. The molecule has 0 aliphatic carbocycles. The van der Waals surface area contributed by atoms with Gasteiger partial charge in [0.25, 0.3) is 0 Å². The Morgan fingerprint density at radius 1 is 0.816 bits per heavy atom. The zero-order valence-corrected chi connectivity index (χ0v) is 20.6. The van der Waals surface area contributed by atoms with Gasteiger partial charge in [0.1, 0.15) is 23.9 Å². The van der Waals surface area contributed by atoms with Gasteiger partial charge in [-0.25, -0.2) is 9.07 Å². The SMILES string of the molecule is O=C(NCc1ccc(F)cc1)[C@@H](c1ccccc1)N(Cc1ccccc1)C(=O)Cn1nnc2ccccc21. The fourth-order valence-electron chi connectivity index (χ4n) is 4.35. The minimum Gasteiger partial charge on any atom is -0.350 e. The predicted molar refractivity (Wildman–Crippen MR) is 142 cm³/mol. The quantitative estimate of drug-likeness (QED) is 0.315. The summed E-state index contributed by atoms with van der Waals surface area (Å²) in [6, 6.07) is 31.2. The molecule has 38 heavy (non-hydrogen) atoms. The Morgan fingerprint density at radius 3 is 2.21 bits per heavy atom. The summed E-state index contributed by atoms with van der Waals surface area (Å²) in [7, 11) is 0. The second kappa shape index (κ2) is 11.5. The highest BCUT2D eigenvalue weighted by molar-refractivity contribution is 5.89. The number of rotatable bonds is 9. The molecule has 0 radical (unpaired) electrons. The first kappa shape index (κ1) is 24.8. The number of carbonyl (C=O) groups is 2. The summed E-state index contributed by atoms with van der Waals surface area (Å²) in [5, 5.41) is 11.3. The van der Waals surface area contributed by atoms with Crippen LogP contribution in [0.5, 0.6) is 0 Å². The minimum atomic E-state index is -0.904. The van der Waals surface area contributed by atoms with E-state index in [4.69, 9.17) is 0 Å². The topological polar surface area (TPSA) is 80.1 Å². The monoisotopic (exact) mass is 507 g/mol. The molecule has 190 valence electrons. The average molecular weight is 508 g/mol. The van der Waals surface area contributed by atoms with Gasteiger partial charge in [-0.2, -0.15) is 0 Å². The van der Waals surface area contributed by atoms with Gasteiger partial charge in [-0.05, 0) is 41.0 Å². The Hall–Kier alpha value is -4.85. The Labute approximate surface area is 219 Å². The standard InChI is InChI=1S/C30H26FN5O2/c31-25-17-15-22(16-18-25)19-32-30(38)29(24-11-5-2-6-12-24)35(20-23-9-3-1-4-10-23)28(37)21-36-27-14-8-7-13-26(27)33-34-36/h1-18,29H,19-21H2,(H,32,38)/t29-/m1/s1. The van der Waals surface area contributed by atoms with E-state index in [1.165, 1.54) is 12.1 Å². The van der Waals surface area contributed by atoms with Crippen LogP contribution in [0.3, 0.4) is 0 Å². The highest BCUT2D eigenvalue weighted by Gasteiger charge is 2.32. The summed E-state index contributed by atoms with van der Waals surface area (Å²) in [5.74, 6) is -0.967. The van der Waals surface area contributed by atoms with Crippen LogP contribution in [0.1, 0.15) is 22.7 Å². The van der Waals surface area contributed by atoms with E-state index in [1.54, 1.807) is 21.7 Å². The van der Waals surface area contributed by atoms with Crippen LogP contribution < -0.4 is 5.32 Å². The van der Waals surface area contributed by atoms with Crippen LogP contribution in [0.15, 0.2) is 109 Å². The summed E-state index contributed by atoms with van der Waals surface area (Å²) in [6.07, 6.45) is 0. The maximum absolute atomic E-state index is 13.9. The Morgan fingerprint density at radius 2 is 1.47 bits per heavy atom. The van der Waals surface area contributed by atoms with Crippen molar-refractivity contribution in [3.8, 4) is 0 Å². The molecule has 5 rings (SSSR count). The number of carbonyl (C=O) groups excluding carboxylic acids is 2. The molecule has 0 bridgehead atoms. The molecule has 1 atom stereocenters. The molecule has 0 aliphatic heterocycles. The van der Waals surface area contributed by atoms with E-state index in [9.17, 15) is 14.0 Å². The van der Waals surface area contributed by atoms with Crippen molar-refractivity contribution in [3.05, 3.63) is 132 Å². The average Bonchev–Trinajstić information content (AvgIpc) is 3.36. The largest absolute Gasteiger partial charge is 0.350 e. The number of aromatic nitrogens is 3. The van der Waals surface area contributed by atoms with Crippen molar-refractivity contribution in [2.45, 2.75) is 25.7 Å². The van der Waals surface area contributed by atoms with Crippen molar-refractivity contribution in [2.75, 3.05) is 0 Å². The lowest BCUT2D eigenvalue weighted by Gasteiger charge is -2.31. The van der Waals surface area contributed by atoms with E-state index < -0.39 is 6.04 Å². The van der Waals surface area contributed by atoms with E-state index in [2.05, 4.69) is 15.6 Å². The van der Waals surface area contributed by atoms with Crippen LogP contribution in [0, 0.1) is 5.82 Å². The van der Waals surface area contributed by atoms with Gasteiger partial charge in [-0.1, -0.05) is 90.1 Å². The minimum absolute atomic E-state index is 0.0814. The maximum Gasteiger partial charge on any atom is 0.247 e. The van der Waals surface area contributed by atoms with Crippen molar-refractivity contribution in [2.24, 2.45) is 0 Å². The lowest BCUT2D eigenvalue weighted by Crippen LogP contribution is -2.44. The normalized spacial score (nSPS) is 11.7. The maximum atomic E-state index is 13.9. The fourth-order valence-corrected chi connectivity index (χ4v) is 4.35. The molecule has 4 aromatic carbocycles. The van der Waals surface area contributed by atoms with E-state index in [-0.39, 0.29) is 37.3 Å². The lowest BCUT2D eigenvalue weighted by atomic mass is 10.0.